The highest BCUT2D eigenvalue weighted by Gasteiger charge is 2.26. The first kappa shape index (κ1) is 14.5. The summed E-state index contributed by atoms with van der Waals surface area (Å²) in [4.78, 5) is 15.8. The minimum Gasteiger partial charge on any atom is -0.479 e. The second kappa shape index (κ2) is 6.50. The molecule has 1 aliphatic heterocycles. The average Bonchev–Trinajstić information content (AvgIpc) is 2.76. The maximum Gasteiger partial charge on any atom is 0.334 e. The van der Waals surface area contributed by atoms with Crippen LogP contribution in [0.3, 0.4) is 0 Å². The molecule has 1 aliphatic rings. The van der Waals surface area contributed by atoms with Crippen molar-refractivity contribution in [3.63, 3.8) is 0 Å². The molecule has 1 fully saturated rings. The molecule has 2 heterocycles. The number of hydrogen-bond donors (Lipinski definition) is 1. The maximum absolute atomic E-state index is 10.9. The molecule has 0 saturated carbocycles. The van der Waals surface area contributed by atoms with Crippen LogP contribution >= 0.6 is 11.3 Å². The molecule has 0 radical (unpaired) electrons. The summed E-state index contributed by atoms with van der Waals surface area (Å²) in [5.74, 6) is -0.192. The Hall–Kier alpha value is -0.910. The molecule has 4 nitrogen and oxygen atoms in total. The van der Waals surface area contributed by atoms with Gasteiger partial charge in [-0.2, -0.15) is 0 Å². The molecular weight excluding hydrogens is 262 g/mol. The number of hydrogen-bond acceptors (Lipinski definition) is 4. The maximum atomic E-state index is 10.9. The summed E-state index contributed by atoms with van der Waals surface area (Å²) in [5, 5.41) is 8.98. The van der Waals surface area contributed by atoms with Gasteiger partial charge in [-0.3, -0.25) is 4.90 Å². The second-order valence-electron chi connectivity index (χ2n) is 5.40. The van der Waals surface area contributed by atoms with E-state index in [9.17, 15) is 4.79 Å². The largest absolute Gasteiger partial charge is 0.479 e. The molecule has 1 N–H and O–H groups in total. The third-order valence-electron chi connectivity index (χ3n) is 3.13. The van der Waals surface area contributed by atoms with Crippen molar-refractivity contribution in [3.8, 4) is 0 Å². The Balaban J connectivity index is 1.89. The molecule has 1 aromatic heterocycles. The van der Waals surface area contributed by atoms with E-state index >= 15 is 0 Å². The second-order valence-corrected chi connectivity index (χ2v) is 6.65. The van der Waals surface area contributed by atoms with Gasteiger partial charge >= 0.3 is 5.97 Å². The number of ether oxygens (including phenoxy) is 1. The van der Waals surface area contributed by atoms with Crippen LogP contribution in [-0.4, -0.2) is 41.8 Å². The fraction of sp³-hybridized carbons (Fsp3) is 0.643. The lowest BCUT2D eigenvalue weighted by molar-refractivity contribution is -0.156. The van der Waals surface area contributed by atoms with Crippen LogP contribution in [-0.2, 0) is 22.5 Å². The summed E-state index contributed by atoms with van der Waals surface area (Å²) >= 11 is 1.83. The van der Waals surface area contributed by atoms with Crippen molar-refractivity contribution in [1.29, 1.82) is 0 Å². The van der Waals surface area contributed by atoms with E-state index in [-0.39, 0.29) is 0 Å². The lowest BCUT2D eigenvalue weighted by Crippen LogP contribution is -2.45. The smallest absolute Gasteiger partial charge is 0.334 e. The van der Waals surface area contributed by atoms with Crippen molar-refractivity contribution >= 4 is 17.3 Å². The van der Waals surface area contributed by atoms with Gasteiger partial charge in [0.15, 0.2) is 6.10 Å². The summed E-state index contributed by atoms with van der Waals surface area (Å²) in [6.45, 7) is 7.06. The van der Waals surface area contributed by atoms with Crippen LogP contribution < -0.4 is 0 Å². The van der Waals surface area contributed by atoms with Crippen LogP contribution in [0.4, 0.5) is 0 Å². The van der Waals surface area contributed by atoms with Crippen molar-refractivity contribution in [2.24, 2.45) is 5.92 Å². The highest BCUT2D eigenvalue weighted by atomic mass is 32.1. The summed E-state index contributed by atoms with van der Waals surface area (Å²) in [7, 11) is 0. The Morgan fingerprint density at radius 2 is 2.26 bits per heavy atom. The van der Waals surface area contributed by atoms with Gasteiger partial charge in [0.2, 0.25) is 0 Å². The molecule has 19 heavy (non-hydrogen) atoms. The molecule has 1 aromatic rings. The van der Waals surface area contributed by atoms with Gasteiger partial charge in [0.1, 0.15) is 0 Å². The standard InChI is InChI=1S/C14H21NO3S/c1-10(2)7-11-3-4-12(19-11)8-15-5-6-18-13(9-15)14(16)17/h3-4,10,13H,5-9H2,1-2H3,(H,16,17). The minimum absolute atomic E-state index is 0.479. The predicted octanol–water partition coefficient (Wildman–Crippen LogP) is 2.23. The first-order valence-corrected chi connectivity index (χ1v) is 7.50. The minimum atomic E-state index is -0.864. The van der Waals surface area contributed by atoms with Gasteiger partial charge in [-0.25, -0.2) is 4.79 Å². The van der Waals surface area contributed by atoms with E-state index in [4.69, 9.17) is 9.84 Å². The molecule has 0 spiro atoms. The molecule has 1 saturated heterocycles. The fourth-order valence-electron chi connectivity index (χ4n) is 2.24. The Bertz CT molecular complexity index is 430. The van der Waals surface area contributed by atoms with Crippen LogP contribution in [0.15, 0.2) is 12.1 Å². The van der Waals surface area contributed by atoms with E-state index in [0.717, 1.165) is 19.5 Å². The molecule has 2 rings (SSSR count). The van der Waals surface area contributed by atoms with E-state index in [2.05, 4.69) is 30.9 Å². The summed E-state index contributed by atoms with van der Waals surface area (Å²) < 4.78 is 5.23. The average molecular weight is 283 g/mol. The first-order valence-electron chi connectivity index (χ1n) is 6.69. The third kappa shape index (κ3) is 4.30. The van der Waals surface area contributed by atoms with Crippen LogP contribution in [0.2, 0.25) is 0 Å². The third-order valence-corrected chi connectivity index (χ3v) is 4.22. The zero-order valence-electron chi connectivity index (χ0n) is 11.5. The first-order chi connectivity index (χ1) is 9.04. The van der Waals surface area contributed by atoms with Gasteiger partial charge in [0, 0.05) is 29.4 Å². The topological polar surface area (TPSA) is 49.8 Å². The molecule has 5 heteroatoms. The van der Waals surface area contributed by atoms with E-state index in [1.54, 1.807) is 0 Å². The SMILES string of the molecule is CC(C)Cc1ccc(CN2CCOC(C(=O)O)C2)s1. The van der Waals surface area contributed by atoms with Crippen molar-refractivity contribution in [2.45, 2.75) is 32.9 Å². The number of morpholine rings is 1. The van der Waals surface area contributed by atoms with Crippen molar-refractivity contribution in [1.82, 2.24) is 4.90 Å². The molecule has 1 unspecified atom stereocenters. The molecular formula is C14H21NO3S. The highest BCUT2D eigenvalue weighted by molar-refractivity contribution is 7.11. The zero-order valence-corrected chi connectivity index (χ0v) is 12.3. The van der Waals surface area contributed by atoms with E-state index < -0.39 is 12.1 Å². The van der Waals surface area contributed by atoms with Gasteiger partial charge in [0.05, 0.1) is 6.61 Å². The summed E-state index contributed by atoms with van der Waals surface area (Å²) in [6, 6.07) is 4.35. The normalized spacial score (nSPS) is 20.9. The van der Waals surface area contributed by atoms with Gasteiger partial charge in [-0.05, 0) is 24.5 Å². The van der Waals surface area contributed by atoms with E-state index in [1.165, 1.54) is 9.75 Å². The molecule has 0 bridgehead atoms. The van der Waals surface area contributed by atoms with Crippen LogP contribution in [0.1, 0.15) is 23.6 Å². The zero-order chi connectivity index (χ0) is 13.8. The molecule has 106 valence electrons. The number of aliphatic carboxylic acids is 1. The van der Waals surface area contributed by atoms with Gasteiger partial charge in [-0.1, -0.05) is 13.8 Å². The number of rotatable bonds is 5. The fourth-order valence-corrected chi connectivity index (χ4v) is 3.51. The van der Waals surface area contributed by atoms with Gasteiger partial charge in [0.25, 0.3) is 0 Å². The number of carboxylic acid groups (broad SMARTS) is 1. The van der Waals surface area contributed by atoms with Crippen LogP contribution in [0.5, 0.6) is 0 Å². The lowest BCUT2D eigenvalue weighted by atomic mass is 10.1. The van der Waals surface area contributed by atoms with Crippen molar-refractivity contribution < 1.29 is 14.6 Å². The van der Waals surface area contributed by atoms with E-state index in [0.29, 0.717) is 19.1 Å². The summed E-state index contributed by atoms with van der Waals surface area (Å²) in [6.07, 6.45) is 0.440. The van der Waals surface area contributed by atoms with E-state index in [1.807, 2.05) is 11.3 Å². The monoisotopic (exact) mass is 283 g/mol. The molecule has 0 aromatic carbocycles. The Morgan fingerprint density at radius 1 is 1.53 bits per heavy atom. The highest BCUT2D eigenvalue weighted by Crippen LogP contribution is 2.22. The Labute approximate surface area is 118 Å². The number of nitrogens with zero attached hydrogens (tertiary/aromatic N) is 1. The lowest BCUT2D eigenvalue weighted by Gasteiger charge is -2.30. The quantitative estimate of drug-likeness (QED) is 0.900. The number of thiophene rings is 1. The number of carbonyl (C=O) groups is 1. The van der Waals surface area contributed by atoms with Gasteiger partial charge in [-0.15, -0.1) is 11.3 Å². The molecule has 0 amide bonds. The number of carboxylic acids is 1. The Morgan fingerprint density at radius 3 is 2.95 bits per heavy atom. The predicted molar refractivity (Wildman–Crippen MR) is 75.5 cm³/mol. The molecule has 0 aliphatic carbocycles. The van der Waals surface area contributed by atoms with Gasteiger partial charge < -0.3 is 9.84 Å². The van der Waals surface area contributed by atoms with Crippen molar-refractivity contribution in [2.75, 3.05) is 19.7 Å². The Kier molecular flexibility index (Phi) is 4.96. The molecule has 1 atom stereocenters. The van der Waals surface area contributed by atoms with Crippen LogP contribution in [0.25, 0.3) is 0 Å². The van der Waals surface area contributed by atoms with Crippen LogP contribution in [0, 0.1) is 5.92 Å². The van der Waals surface area contributed by atoms with Crippen molar-refractivity contribution in [3.05, 3.63) is 21.9 Å². The summed E-state index contributed by atoms with van der Waals surface area (Å²) in [5.41, 5.74) is 0.